The minimum absolute atomic E-state index is 0. The Labute approximate surface area is 151 Å². The summed E-state index contributed by atoms with van der Waals surface area (Å²) in [7, 11) is 3.23. The third-order valence-corrected chi connectivity index (χ3v) is 4.01. The minimum atomic E-state index is 0. The number of likely N-dealkylation sites (N-methyl/N-ethyl adjacent to an activating group) is 1. The van der Waals surface area contributed by atoms with E-state index in [1.807, 2.05) is 18.2 Å². The molecule has 0 atom stereocenters. The van der Waals surface area contributed by atoms with Crippen molar-refractivity contribution >= 4 is 12.4 Å². The van der Waals surface area contributed by atoms with E-state index in [0.29, 0.717) is 23.9 Å². The summed E-state index contributed by atoms with van der Waals surface area (Å²) in [4.78, 5) is 4.84. The molecule has 0 bridgehead atoms. The average molecular weight is 355 g/mol. The Morgan fingerprint density at radius 3 is 2.08 bits per heavy atom. The molecule has 1 fully saturated rings. The summed E-state index contributed by atoms with van der Waals surface area (Å²) in [6.07, 6.45) is 0. The zero-order valence-electron chi connectivity index (χ0n) is 14.7. The number of methoxy groups -OCH3 is 2. The third-order valence-electron chi connectivity index (χ3n) is 4.01. The summed E-state index contributed by atoms with van der Waals surface area (Å²) < 4.78 is 16.3. The summed E-state index contributed by atoms with van der Waals surface area (Å²) in [5.41, 5.74) is 0. The third kappa shape index (κ3) is 5.79. The molecule has 0 aromatic heterocycles. The maximum atomic E-state index is 5.72. The van der Waals surface area contributed by atoms with Gasteiger partial charge in [0.25, 0.3) is 0 Å². The molecule has 1 aromatic carbocycles. The fraction of sp³-hybridized carbons (Fsp3) is 0.556. The fourth-order valence-electron chi connectivity index (χ4n) is 2.55. The van der Waals surface area contributed by atoms with Gasteiger partial charge in [0, 0.05) is 26.2 Å². The lowest BCUT2D eigenvalue weighted by atomic mass is 10.3. The molecular weight excluding hydrogens is 328 g/mol. The van der Waals surface area contributed by atoms with Gasteiger partial charge in [-0.05, 0) is 18.7 Å². The number of rotatable bonds is 6. The topological polar surface area (TPSA) is 34.2 Å². The van der Waals surface area contributed by atoms with Gasteiger partial charge in [0.15, 0.2) is 11.5 Å². The van der Waals surface area contributed by atoms with Gasteiger partial charge in [0.05, 0.1) is 20.8 Å². The zero-order valence-corrected chi connectivity index (χ0v) is 15.5. The first-order chi connectivity index (χ1) is 11.3. The normalized spacial score (nSPS) is 15.0. The Balaban J connectivity index is 0.00000288. The van der Waals surface area contributed by atoms with Crippen LogP contribution in [0, 0.1) is 11.8 Å². The van der Waals surface area contributed by atoms with E-state index in [0.717, 1.165) is 39.3 Å². The molecule has 0 spiro atoms. The van der Waals surface area contributed by atoms with Crippen LogP contribution in [0.1, 0.15) is 6.92 Å². The number of ether oxygens (including phenoxy) is 3. The smallest absolute Gasteiger partial charge is 0.204 e. The minimum Gasteiger partial charge on any atom is -0.493 e. The quantitative estimate of drug-likeness (QED) is 0.731. The van der Waals surface area contributed by atoms with Gasteiger partial charge in [-0.1, -0.05) is 24.8 Å². The molecular formula is C18H27ClN2O3. The molecule has 0 aliphatic carbocycles. The Kier molecular flexibility index (Phi) is 9.39. The first kappa shape index (κ1) is 20.4. The van der Waals surface area contributed by atoms with Crippen molar-refractivity contribution in [2.75, 3.05) is 60.1 Å². The van der Waals surface area contributed by atoms with Crippen LogP contribution in [0.25, 0.3) is 0 Å². The highest BCUT2D eigenvalue weighted by molar-refractivity contribution is 5.85. The van der Waals surface area contributed by atoms with Gasteiger partial charge >= 0.3 is 0 Å². The van der Waals surface area contributed by atoms with Crippen molar-refractivity contribution in [1.82, 2.24) is 9.80 Å². The van der Waals surface area contributed by atoms with Gasteiger partial charge in [-0.15, -0.1) is 12.4 Å². The molecule has 24 heavy (non-hydrogen) atoms. The van der Waals surface area contributed by atoms with Crippen molar-refractivity contribution in [2.24, 2.45) is 0 Å². The lowest BCUT2D eigenvalue weighted by Gasteiger charge is -2.32. The SMILES string of the molecule is CCN1CCN(CC#CCOc2c(OC)cccc2OC)CC1.Cl. The number of benzene rings is 1. The van der Waals surface area contributed by atoms with E-state index < -0.39 is 0 Å². The van der Waals surface area contributed by atoms with Crippen LogP contribution in [-0.4, -0.2) is 69.9 Å². The van der Waals surface area contributed by atoms with Crippen molar-refractivity contribution in [3.63, 3.8) is 0 Å². The predicted molar refractivity (Wildman–Crippen MR) is 98.6 cm³/mol. The number of para-hydroxylation sites is 1. The van der Waals surface area contributed by atoms with Crippen LogP contribution in [0.4, 0.5) is 0 Å². The molecule has 1 aliphatic rings. The summed E-state index contributed by atoms with van der Waals surface area (Å²) in [5.74, 6) is 8.16. The summed E-state index contributed by atoms with van der Waals surface area (Å²) >= 11 is 0. The molecule has 134 valence electrons. The summed E-state index contributed by atoms with van der Waals surface area (Å²) in [5, 5.41) is 0. The van der Waals surface area contributed by atoms with Crippen LogP contribution in [0.15, 0.2) is 18.2 Å². The number of halogens is 1. The van der Waals surface area contributed by atoms with Crippen molar-refractivity contribution in [3.05, 3.63) is 18.2 Å². The predicted octanol–water partition coefficient (Wildman–Crippen LogP) is 2.15. The summed E-state index contributed by atoms with van der Waals surface area (Å²) in [6.45, 7) is 8.90. The fourth-order valence-corrected chi connectivity index (χ4v) is 2.55. The van der Waals surface area contributed by atoms with E-state index in [4.69, 9.17) is 14.2 Å². The highest BCUT2D eigenvalue weighted by Crippen LogP contribution is 2.36. The maximum absolute atomic E-state index is 5.72. The van der Waals surface area contributed by atoms with Crippen molar-refractivity contribution in [3.8, 4) is 29.1 Å². The second-order valence-corrected chi connectivity index (χ2v) is 5.34. The molecule has 1 aliphatic heterocycles. The molecule has 1 aromatic rings. The van der Waals surface area contributed by atoms with E-state index in [9.17, 15) is 0 Å². The van der Waals surface area contributed by atoms with Crippen LogP contribution < -0.4 is 14.2 Å². The maximum Gasteiger partial charge on any atom is 0.204 e. The highest BCUT2D eigenvalue weighted by Gasteiger charge is 2.14. The van der Waals surface area contributed by atoms with Crippen LogP contribution in [-0.2, 0) is 0 Å². The largest absolute Gasteiger partial charge is 0.493 e. The Bertz CT molecular complexity index is 527. The standard InChI is InChI=1S/C18H26N2O3.ClH/c1-4-19-11-13-20(14-12-19)10-5-6-15-23-18-16(21-2)8-7-9-17(18)22-3;/h7-9H,4,10-15H2,1-3H3;1H. The van der Waals surface area contributed by atoms with Crippen LogP contribution >= 0.6 is 12.4 Å². The second-order valence-electron chi connectivity index (χ2n) is 5.34. The van der Waals surface area contributed by atoms with Crippen molar-refractivity contribution in [2.45, 2.75) is 6.92 Å². The molecule has 6 heteroatoms. The van der Waals surface area contributed by atoms with Gasteiger partial charge in [0.2, 0.25) is 5.75 Å². The second kappa shape index (κ2) is 11.0. The number of piperazine rings is 1. The molecule has 5 nitrogen and oxygen atoms in total. The van der Waals surface area contributed by atoms with Gasteiger partial charge in [-0.25, -0.2) is 0 Å². The number of hydrogen-bond donors (Lipinski definition) is 0. The van der Waals surface area contributed by atoms with Crippen LogP contribution in [0.2, 0.25) is 0 Å². The molecule has 0 unspecified atom stereocenters. The molecule has 0 saturated carbocycles. The number of nitrogens with zero attached hydrogens (tertiary/aromatic N) is 2. The first-order valence-corrected chi connectivity index (χ1v) is 8.02. The average Bonchev–Trinajstić information content (AvgIpc) is 2.61. The molecule has 0 radical (unpaired) electrons. The van der Waals surface area contributed by atoms with Gasteiger partial charge in [0.1, 0.15) is 6.61 Å². The Hall–Kier alpha value is -1.61. The van der Waals surface area contributed by atoms with Crippen molar-refractivity contribution < 1.29 is 14.2 Å². The Morgan fingerprint density at radius 1 is 0.958 bits per heavy atom. The monoisotopic (exact) mass is 354 g/mol. The number of hydrogen-bond acceptors (Lipinski definition) is 5. The van der Waals surface area contributed by atoms with Crippen LogP contribution in [0.3, 0.4) is 0 Å². The Morgan fingerprint density at radius 2 is 1.54 bits per heavy atom. The zero-order chi connectivity index (χ0) is 16.5. The van der Waals surface area contributed by atoms with Gasteiger partial charge in [-0.2, -0.15) is 0 Å². The first-order valence-electron chi connectivity index (χ1n) is 8.02. The van der Waals surface area contributed by atoms with E-state index in [-0.39, 0.29) is 12.4 Å². The van der Waals surface area contributed by atoms with E-state index in [1.165, 1.54) is 0 Å². The molecule has 1 saturated heterocycles. The van der Waals surface area contributed by atoms with E-state index in [2.05, 4.69) is 28.6 Å². The van der Waals surface area contributed by atoms with E-state index in [1.54, 1.807) is 14.2 Å². The molecule has 2 rings (SSSR count). The lowest BCUT2D eigenvalue weighted by Crippen LogP contribution is -2.46. The van der Waals surface area contributed by atoms with Gasteiger partial charge < -0.3 is 19.1 Å². The van der Waals surface area contributed by atoms with Gasteiger partial charge in [-0.3, -0.25) is 4.90 Å². The molecule has 1 heterocycles. The van der Waals surface area contributed by atoms with Crippen LogP contribution in [0.5, 0.6) is 17.2 Å². The summed E-state index contributed by atoms with van der Waals surface area (Å²) in [6, 6.07) is 5.56. The molecule has 0 amide bonds. The highest BCUT2D eigenvalue weighted by atomic mass is 35.5. The molecule has 0 N–H and O–H groups in total. The van der Waals surface area contributed by atoms with Crippen molar-refractivity contribution in [1.29, 1.82) is 0 Å². The van der Waals surface area contributed by atoms with E-state index >= 15 is 0 Å². The lowest BCUT2D eigenvalue weighted by molar-refractivity contribution is 0.149.